The average Bonchev–Trinajstić information content (AvgIpc) is 2.72. The molecule has 1 heterocycles. The molecule has 0 aliphatic heterocycles. The van der Waals surface area contributed by atoms with Gasteiger partial charge in [-0.15, -0.1) is 5.10 Å². The number of methoxy groups -OCH3 is 2. The molecule has 1 amide bonds. The maximum atomic E-state index is 12.5. The van der Waals surface area contributed by atoms with E-state index in [1.54, 1.807) is 32.4 Å². The summed E-state index contributed by atoms with van der Waals surface area (Å²) in [7, 11) is 3.17. The molecule has 2 aromatic carbocycles. The summed E-state index contributed by atoms with van der Waals surface area (Å²) in [6.45, 7) is 0.679. The summed E-state index contributed by atoms with van der Waals surface area (Å²) in [4.78, 5) is 24.8. The molecule has 1 N–H and O–H groups in total. The Balaban J connectivity index is 1.67. The summed E-state index contributed by atoms with van der Waals surface area (Å²) in [6, 6.07) is 12.6. The quantitative estimate of drug-likeness (QED) is 0.640. The van der Waals surface area contributed by atoms with Gasteiger partial charge in [0.25, 0.3) is 5.56 Å². The van der Waals surface area contributed by atoms with E-state index in [4.69, 9.17) is 9.47 Å². The molecule has 0 fully saturated rings. The Kier molecular flexibility index (Phi) is 6.33. The third-order valence-corrected chi connectivity index (χ3v) is 4.31. The van der Waals surface area contributed by atoms with Gasteiger partial charge in [0.1, 0.15) is 11.3 Å². The number of anilines is 1. The van der Waals surface area contributed by atoms with E-state index in [2.05, 4.69) is 15.6 Å². The highest BCUT2D eigenvalue weighted by atomic mass is 16.5. The molecule has 3 rings (SSSR count). The van der Waals surface area contributed by atoms with Crippen LogP contribution >= 0.6 is 0 Å². The van der Waals surface area contributed by atoms with Gasteiger partial charge in [-0.2, -0.15) is 0 Å². The van der Waals surface area contributed by atoms with Crippen LogP contribution in [0.25, 0.3) is 10.9 Å². The first kappa shape index (κ1) is 19.5. The van der Waals surface area contributed by atoms with Crippen molar-refractivity contribution in [1.82, 2.24) is 15.0 Å². The van der Waals surface area contributed by atoms with Crippen LogP contribution in [-0.2, 0) is 22.5 Å². The number of rotatable bonds is 8. The Morgan fingerprint density at radius 3 is 2.64 bits per heavy atom. The number of amides is 1. The van der Waals surface area contributed by atoms with Crippen LogP contribution in [0, 0.1) is 0 Å². The van der Waals surface area contributed by atoms with E-state index in [1.165, 1.54) is 4.68 Å². The van der Waals surface area contributed by atoms with Crippen LogP contribution in [0.5, 0.6) is 5.75 Å². The van der Waals surface area contributed by atoms with Crippen LogP contribution in [0.3, 0.4) is 0 Å². The van der Waals surface area contributed by atoms with Gasteiger partial charge in [-0.1, -0.05) is 17.3 Å². The summed E-state index contributed by atoms with van der Waals surface area (Å²) in [5.74, 6) is 0.653. The summed E-state index contributed by atoms with van der Waals surface area (Å²) >= 11 is 0. The number of nitrogens with zero attached hydrogens (tertiary/aromatic N) is 3. The fourth-order valence-electron chi connectivity index (χ4n) is 2.75. The minimum absolute atomic E-state index is 0.128. The monoisotopic (exact) mass is 382 g/mol. The maximum absolute atomic E-state index is 12.5. The Morgan fingerprint density at radius 2 is 1.93 bits per heavy atom. The number of benzene rings is 2. The number of aryl methyl sites for hydroxylation is 1. The van der Waals surface area contributed by atoms with Crippen molar-refractivity contribution in [2.24, 2.45) is 0 Å². The molecule has 146 valence electrons. The molecular formula is C20H22N4O4. The van der Waals surface area contributed by atoms with Gasteiger partial charge in [0.2, 0.25) is 5.91 Å². The highest BCUT2D eigenvalue weighted by molar-refractivity contribution is 5.93. The first-order chi connectivity index (χ1) is 13.6. The molecule has 0 aliphatic rings. The van der Waals surface area contributed by atoms with Gasteiger partial charge in [-0.05, 0) is 42.3 Å². The fourth-order valence-corrected chi connectivity index (χ4v) is 2.75. The molecule has 8 nitrogen and oxygen atoms in total. The predicted molar refractivity (Wildman–Crippen MR) is 106 cm³/mol. The van der Waals surface area contributed by atoms with E-state index in [0.717, 1.165) is 11.3 Å². The summed E-state index contributed by atoms with van der Waals surface area (Å²) in [6.07, 6.45) is 0.940. The first-order valence-corrected chi connectivity index (χ1v) is 8.90. The Morgan fingerprint density at radius 1 is 1.14 bits per heavy atom. The van der Waals surface area contributed by atoms with Crippen LogP contribution in [0.4, 0.5) is 5.69 Å². The number of hydrogen-bond donors (Lipinski definition) is 1. The molecule has 0 aliphatic carbocycles. The molecule has 3 aromatic rings. The van der Waals surface area contributed by atoms with Gasteiger partial charge in [-0.25, -0.2) is 4.68 Å². The average molecular weight is 382 g/mol. The third-order valence-electron chi connectivity index (χ3n) is 4.31. The highest BCUT2D eigenvalue weighted by Crippen LogP contribution is 2.16. The van der Waals surface area contributed by atoms with Gasteiger partial charge in [0.05, 0.1) is 25.6 Å². The largest absolute Gasteiger partial charge is 0.497 e. The molecule has 0 atom stereocenters. The van der Waals surface area contributed by atoms with Crippen molar-refractivity contribution in [3.8, 4) is 5.75 Å². The molecule has 28 heavy (non-hydrogen) atoms. The smallest absolute Gasteiger partial charge is 0.277 e. The van der Waals surface area contributed by atoms with Crippen molar-refractivity contribution >= 4 is 22.5 Å². The molecule has 0 bridgehead atoms. The van der Waals surface area contributed by atoms with Crippen molar-refractivity contribution in [2.45, 2.75) is 19.4 Å². The molecule has 0 radical (unpaired) electrons. The van der Waals surface area contributed by atoms with Crippen LogP contribution < -0.4 is 15.6 Å². The van der Waals surface area contributed by atoms with Crippen molar-refractivity contribution in [1.29, 1.82) is 0 Å². The van der Waals surface area contributed by atoms with E-state index < -0.39 is 0 Å². The lowest BCUT2D eigenvalue weighted by Gasteiger charge is -2.08. The Hall–Kier alpha value is -3.26. The van der Waals surface area contributed by atoms with Gasteiger partial charge in [0.15, 0.2) is 0 Å². The minimum Gasteiger partial charge on any atom is -0.497 e. The molecule has 0 spiro atoms. The zero-order chi connectivity index (χ0) is 19.9. The maximum Gasteiger partial charge on any atom is 0.277 e. The van der Waals surface area contributed by atoms with Crippen molar-refractivity contribution < 1.29 is 14.3 Å². The zero-order valence-corrected chi connectivity index (χ0v) is 15.8. The topological polar surface area (TPSA) is 95.3 Å². The molecule has 0 saturated carbocycles. The summed E-state index contributed by atoms with van der Waals surface area (Å²) in [5.41, 5.74) is 1.81. The van der Waals surface area contributed by atoms with Gasteiger partial charge in [-0.3, -0.25) is 9.59 Å². The number of carbonyl (C=O) groups is 1. The lowest BCUT2D eigenvalue weighted by Crippen LogP contribution is -2.26. The van der Waals surface area contributed by atoms with Crippen LogP contribution in [0.15, 0.2) is 47.3 Å². The normalized spacial score (nSPS) is 10.8. The predicted octanol–water partition coefficient (Wildman–Crippen LogP) is 2.02. The number of carbonyl (C=O) groups excluding carboxylic acids is 1. The Labute approximate surface area is 162 Å². The van der Waals surface area contributed by atoms with Gasteiger partial charge < -0.3 is 14.8 Å². The lowest BCUT2D eigenvalue weighted by atomic mass is 10.1. The standard InChI is InChI=1S/C20H22N4O4/c1-27-12-11-24-20(26)17-13-15(6-9-18(17)22-23-24)21-19(25)10-5-14-3-7-16(28-2)8-4-14/h3-4,6-9,13H,5,10-12H2,1-2H3,(H,21,25). The second kappa shape index (κ2) is 9.09. The number of hydrogen-bond acceptors (Lipinski definition) is 6. The first-order valence-electron chi connectivity index (χ1n) is 8.90. The molecule has 0 unspecified atom stereocenters. The van der Waals surface area contributed by atoms with Crippen molar-refractivity contribution in [3.05, 3.63) is 58.4 Å². The minimum atomic E-state index is -0.267. The van der Waals surface area contributed by atoms with Crippen LogP contribution in [0.2, 0.25) is 0 Å². The van der Waals surface area contributed by atoms with Crippen LogP contribution in [-0.4, -0.2) is 41.7 Å². The van der Waals surface area contributed by atoms with Crippen molar-refractivity contribution in [2.75, 3.05) is 26.1 Å². The van der Waals surface area contributed by atoms with Crippen LogP contribution in [0.1, 0.15) is 12.0 Å². The number of ether oxygens (including phenoxy) is 2. The molecule has 8 heteroatoms. The highest BCUT2D eigenvalue weighted by Gasteiger charge is 2.09. The number of nitrogens with one attached hydrogen (secondary N) is 1. The molecule has 0 saturated heterocycles. The van der Waals surface area contributed by atoms with E-state index in [1.807, 2.05) is 24.3 Å². The van der Waals surface area contributed by atoms with Crippen molar-refractivity contribution in [3.63, 3.8) is 0 Å². The van der Waals surface area contributed by atoms with E-state index >= 15 is 0 Å². The van der Waals surface area contributed by atoms with E-state index in [-0.39, 0.29) is 11.5 Å². The Bertz CT molecular complexity index is 1010. The zero-order valence-electron chi connectivity index (χ0n) is 15.8. The summed E-state index contributed by atoms with van der Waals surface area (Å²) in [5, 5.41) is 11.2. The third kappa shape index (κ3) is 4.72. The van der Waals surface area contributed by atoms with E-state index in [0.29, 0.717) is 42.6 Å². The second-order valence-electron chi connectivity index (χ2n) is 6.24. The fraction of sp³-hybridized carbons (Fsp3) is 0.300. The molecule has 1 aromatic heterocycles. The van der Waals surface area contributed by atoms with E-state index in [9.17, 15) is 9.59 Å². The lowest BCUT2D eigenvalue weighted by molar-refractivity contribution is -0.116. The van der Waals surface area contributed by atoms with Gasteiger partial charge in [0, 0.05) is 19.2 Å². The number of fused-ring (bicyclic) bond motifs is 1. The summed E-state index contributed by atoms with van der Waals surface area (Å²) < 4.78 is 11.4. The number of aromatic nitrogens is 3. The molecular weight excluding hydrogens is 360 g/mol. The second-order valence-corrected chi connectivity index (χ2v) is 6.24. The SMILES string of the molecule is COCCn1nnc2ccc(NC(=O)CCc3ccc(OC)cc3)cc2c1=O. The van der Waals surface area contributed by atoms with Gasteiger partial charge >= 0.3 is 0 Å².